The average molecular weight is 367 g/mol. The van der Waals surface area contributed by atoms with Crippen LogP contribution in [-0.2, 0) is 17.9 Å². The van der Waals surface area contributed by atoms with E-state index in [1.165, 1.54) is 6.20 Å². The van der Waals surface area contributed by atoms with E-state index in [0.717, 1.165) is 5.56 Å². The molecule has 0 spiro atoms. The fraction of sp³-hybridized carbons (Fsp3) is 0.250. The van der Waals surface area contributed by atoms with E-state index in [1.807, 2.05) is 18.2 Å². The van der Waals surface area contributed by atoms with Crippen LogP contribution in [0.15, 0.2) is 53.5 Å². The summed E-state index contributed by atoms with van der Waals surface area (Å²) in [6, 6.07) is 12.6. The Labute approximate surface area is 156 Å². The number of methoxy groups -OCH3 is 2. The van der Waals surface area contributed by atoms with Crippen molar-refractivity contribution in [2.24, 2.45) is 0 Å². The Morgan fingerprint density at radius 3 is 2.67 bits per heavy atom. The van der Waals surface area contributed by atoms with Gasteiger partial charge in [0.05, 0.1) is 25.9 Å². The number of amides is 1. The molecule has 1 aromatic heterocycles. The van der Waals surface area contributed by atoms with Crippen LogP contribution in [0.5, 0.6) is 11.5 Å². The molecule has 0 saturated carbocycles. The molecule has 0 unspecified atom stereocenters. The summed E-state index contributed by atoms with van der Waals surface area (Å²) in [6.07, 6.45) is 1.24. The number of carbonyl (C=O) groups is 1. The molecule has 3 aromatic rings. The van der Waals surface area contributed by atoms with Gasteiger partial charge in [0, 0.05) is 30.6 Å². The highest BCUT2D eigenvalue weighted by molar-refractivity contribution is 5.81. The highest BCUT2D eigenvalue weighted by Gasteiger charge is 2.15. The topological polar surface area (TPSA) is 73.7 Å². The summed E-state index contributed by atoms with van der Waals surface area (Å²) >= 11 is 0. The lowest BCUT2D eigenvalue weighted by Gasteiger charge is -2.20. The molecule has 7 heteroatoms. The summed E-state index contributed by atoms with van der Waals surface area (Å²) in [7, 11) is 4.89. The summed E-state index contributed by atoms with van der Waals surface area (Å²) in [5.74, 6) is 1.21. The first-order valence-electron chi connectivity index (χ1n) is 8.43. The van der Waals surface area contributed by atoms with Crippen LogP contribution in [0, 0.1) is 0 Å². The number of para-hydroxylation sites is 1. The maximum absolute atomic E-state index is 12.7. The molecule has 7 nitrogen and oxygen atoms in total. The predicted molar refractivity (Wildman–Crippen MR) is 102 cm³/mol. The molecule has 0 saturated heterocycles. The van der Waals surface area contributed by atoms with E-state index in [2.05, 4.69) is 5.10 Å². The average Bonchev–Trinajstić information content (AvgIpc) is 2.70. The van der Waals surface area contributed by atoms with E-state index in [9.17, 15) is 9.59 Å². The van der Waals surface area contributed by atoms with Crippen LogP contribution in [0.4, 0.5) is 0 Å². The second-order valence-corrected chi connectivity index (χ2v) is 6.11. The highest BCUT2D eigenvalue weighted by atomic mass is 16.5. The summed E-state index contributed by atoms with van der Waals surface area (Å²) in [5.41, 5.74) is 1.34. The van der Waals surface area contributed by atoms with Gasteiger partial charge in [-0.1, -0.05) is 12.1 Å². The number of fused-ring (bicyclic) bond motifs is 1. The van der Waals surface area contributed by atoms with E-state index in [-0.39, 0.29) is 17.9 Å². The van der Waals surface area contributed by atoms with Gasteiger partial charge in [0.1, 0.15) is 18.0 Å². The van der Waals surface area contributed by atoms with Gasteiger partial charge in [0.25, 0.3) is 0 Å². The van der Waals surface area contributed by atoms with Crippen molar-refractivity contribution >= 4 is 16.8 Å². The van der Waals surface area contributed by atoms with Crippen molar-refractivity contribution < 1.29 is 14.3 Å². The molecule has 140 valence electrons. The molecule has 2 aromatic carbocycles. The number of benzene rings is 2. The minimum Gasteiger partial charge on any atom is -0.497 e. The maximum atomic E-state index is 12.7. The van der Waals surface area contributed by atoms with Crippen molar-refractivity contribution in [2.75, 3.05) is 21.3 Å². The fourth-order valence-corrected chi connectivity index (χ4v) is 2.86. The molecule has 0 aliphatic rings. The van der Waals surface area contributed by atoms with E-state index >= 15 is 0 Å². The molecule has 0 radical (unpaired) electrons. The zero-order valence-electron chi connectivity index (χ0n) is 15.5. The van der Waals surface area contributed by atoms with E-state index in [1.54, 1.807) is 55.1 Å². The molecule has 0 bridgehead atoms. The lowest BCUT2D eigenvalue weighted by molar-refractivity contribution is -0.131. The number of likely N-dealkylation sites (N-methyl/N-ethyl adjacent to an activating group) is 1. The molecular formula is C20H21N3O4. The van der Waals surface area contributed by atoms with Crippen LogP contribution in [0.2, 0.25) is 0 Å². The number of carbonyl (C=O) groups excluding carboxylic acids is 1. The second-order valence-electron chi connectivity index (χ2n) is 6.11. The normalized spacial score (nSPS) is 10.6. The van der Waals surface area contributed by atoms with Crippen molar-refractivity contribution in [3.63, 3.8) is 0 Å². The highest BCUT2D eigenvalue weighted by Crippen LogP contribution is 2.25. The van der Waals surface area contributed by atoms with Crippen LogP contribution < -0.4 is 14.9 Å². The molecule has 0 N–H and O–H groups in total. The first-order valence-corrected chi connectivity index (χ1v) is 8.43. The quantitative estimate of drug-likeness (QED) is 0.667. The third kappa shape index (κ3) is 3.92. The first kappa shape index (κ1) is 18.4. The van der Waals surface area contributed by atoms with Crippen molar-refractivity contribution in [3.05, 3.63) is 64.4 Å². The molecular weight excluding hydrogens is 346 g/mol. The Balaban J connectivity index is 1.79. The smallest absolute Gasteiger partial charge is 0.244 e. The Morgan fingerprint density at radius 2 is 1.93 bits per heavy atom. The summed E-state index contributed by atoms with van der Waals surface area (Å²) in [5, 5.41) is 4.65. The second kappa shape index (κ2) is 7.90. The molecule has 1 heterocycles. The minimum atomic E-state index is -0.161. The van der Waals surface area contributed by atoms with Gasteiger partial charge in [-0.15, -0.1) is 0 Å². The van der Waals surface area contributed by atoms with E-state index in [0.29, 0.717) is 28.9 Å². The van der Waals surface area contributed by atoms with Crippen molar-refractivity contribution in [1.82, 2.24) is 14.7 Å². The van der Waals surface area contributed by atoms with Gasteiger partial charge in [-0.2, -0.15) is 5.10 Å². The van der Waals surface area contributed by atoms with Gasteiger partial charge >= 0.3 is 0 Å². The molecule has 0 atom stereocenters. The van der Waals surface area contributed by atoms with Crippen LogP contribution in [0.25, 0.3) is 10.9 Å². The molecule has 1 amide bonds. The summed E-state index contributed by atoms with van der Waals surface area (Å²) in [6.45, 7) is 0.417. The van der Waals surface area contributed by atoms with Gasteiger partial charge in [0.15, 0.2) is 0 Å². The van der Waals surface area contributed by atoms with Gasteiger partial charge in [0.2, 0.25) is 11.3 Å². The number of hydrogen-bond donors (Lipinski definition) is 0. The van der Waals surface area contributed by atoms with Crippen LogP contribution >= 0.6 is 0 Å². The number of nitrogens with zero attached hydrogens (tertiary/aromatic N) is 3. The molecule has 27 heavy (non-hydrogen) atoms. The number of ether oxygens (including phenoxy) is 2. The lowest BCUT2D eigenvalue weighted by Crippen LogP contribution is -2.31. The third-order valence-electron chi connectivity index (χ3n) is 4.37. The molecule has 3 rings (SSSR count). The van der Waals surface area contributed by atoms with E-state index < -0.39 is 0 Å². The SMILES string of the molecule is COc1ccc(CN(C)C(=O)Cn2ncc(=O)c3ccccc32)c(OC)c1. The Morgan fingerprint density at radius 1 is 1.15 bits per heavy atom. The van der Waals surface area contributed by atoms with Crippen LogP contribution in [-0.4, -0.2) is 41.9 Å². The number of rotatable bonds is 6. The van der Waals surface area contributed by atoms with Gasteiger partial charge < -0.3 is 14.4 Å². The van der Waals surface area contributed by atoms with Gasteiger partial charge in [-0.3, -0.25) is 14.3 Å². The zero-order valence-corrected chi connectivity index (χ0v) is 15.5. The van der Waals surface area contributed by atoms with Gasteiger partial charge in [-0.25, -0.2) is 0 Å². The van der Waals surface area contributed by atoms with E-state index in [4.69, 9.17) is 9.47 Å². The van der Waals surface area contributed by atoms with Crippen LogP contribution in [0.1, 0.15) is 5.56 Å². The van der Waals surface area contributed by atoms with Crippen molar-refractivity contribution in [3.8, 4) is 11.5 Å². The largest absolute Gasteiger partial charge is 0.497 e. The van der Waals surface area contributed by atoms with Gasteiger partial charge in [-0.05, 0) is 24.3 Å². The van der Waals surface area contributed by atoms with Crippen LogP contribution in [0.3, 0.4) is 0 Å². The summed E-state index contributed by atoms with van der Waals surface area (Å²) < 4.78 is 12.1. The first-order chi connectivity index (χ1) is 13.0. The molecule has 0 fully saturated rings. The maximum Gasteiger partial charge on any atom is 0.244 e. The lowest BCUT2D eigenvalue weighted by atomic mass is 10.1. The Bertz CT molecular complexity index is 1030. The minimum absolute atomic E-state index is 0.0375. The Kier molecular flexibility index (Phi) is 5.40. The summed E-state index contributed by atoms with van der Waals surface area (Å²) in [4.78, 5) is 26.2. The Hall–Kier alpha value is -3.35. The van der Waals surface area contributed by atoms with Crippen molar-refractivity contribution in [2.45, 2.75) is 13.1 Å². The third-order valence-corrected chi connectivity index (χ3v) is 4.37. The number of aromatic nitrogens is 2. The zero-order chi connectivity index (χ0) is 19.4. The molecule has 0 aliphatic carbocycles. The monoisotopic (exact) mass is 367 g/mol. The number of hydrogen-bond acceptors (Lipinski definition) is 5. The predicted octanol–water partition coefficient (Wildman–Crippen LogP) is 2.07. The standard InChI is InChI=1S/C20H21N3O4/c1-22(12-14-8-9-15(26-2)10-19(14)27-3)20(25)13-23-17-7-5-4-6-16(17)18(24)11-21-23/h4-11H,12-13H2,1-3H3. The van der Waals surface area contributed by atoms with Crippen molar-refractivity contribution in [1.29, 1.82) is 0 Å². The molecule has 0 aliphatic heterocycles. The fourth-order valence-electron chi connectivity index (χ4n) is 2.86.